The number of nitrogens with one attached hydrogen (secondary N) is 1. The molecule has 66 valence electrons. The Balaban J connectivity index is 2.12. The second kappa shape index (κ2) is 2.92. The van der Waals surface area contributed by atoms with Crippen molar-refractivity contribution in [3.05, 3.63) is 12.2 Å². The number of hydrogen-bond donors (Lipinski definition) is 1. The zero-order valence-corrected chi connectivity index (χ0v) is 7.31. The number of carbonyl (C=O) groups is 1. The topological polar surface area (TPSA) is 29.1 Å². The maximum absolute atomic E-state index is 11.2. The lowest BCUT2D eigenvalue weighted by molar-refractivity contribution is -0.124. The van der Waals surface area contributed by atoms with Gasteiger partial charge in [0.05, 0.1) is 5.54 Å². The second-order valence-corrected chi connectivity index (χ2v) is 3.85. The molecule has 2 nitrogen and oxygen atoms in total. The molecule has 0 aromatic heterocycles. The molecular formula is C10H15NO. The van der Waals surface area contributed by atoms with Gasteiger partial charge in [-0.1, -0.05) is 12.2 Å². The van der Waals surface area contributed by atoms with Crippen molar-refractivity contribution in [1.29, 1.82) is 0 Å². The van der Waals surface area contributed by atoms with E-state index in [9.17, 15) is 4.79 Å². The van der Waals surface area contributed by atoms with E-state index in [1.165, 1.54) is 12.8 Å². The van der Waals surface area contributed by atoms with Crippen molar-refractivity contribution < 1.29 is 4.79 Å². The van der Waals surface area contributed by atoms with Crippen LogP contribution in [0.1, 0.15) is 38.5 Å². The second-order valence-electron chi connectivity index (χ2n) is 3.85. The normalized spacial score (nSPS) is 35.2. The van der Waals surface area contributed by atoms with Crippen LogP contribution in [-0.2, 0) is 4.79 Å². The summed E-state index contributed by atoms with van der Waals surface area (Å²) in [5.74, 6) is 0.229. The van der Waals surface area contributed by atoms with Crippen LogP contribution in [0.5, 0.6) is 0 Å². The minimum absolute atomic E-state index is 0.0492. The predicted octanol–water partition coefficient (Wildman–Crippen LogP) is 1.77. The van der Waals surface area contributed by atoms with E-state index >= 15 is 0 Å². The summed E-state index contributed by atoms with van der Waals surface area (Å²) in [4.78, 5) is 11.2. The van der Waals surface area contributed by atoms with Crippen molar-refractivity contribution >= 4 is 5.91 Å². The van der Waals surface area contributed by atoms with Crippen molar-refractivity contribution in [3.8, 4) is 0 Å². The number of piperidine rings is 1. The van der Waals surface area contributed by atoms with E-state index in [2.05, 4.69) is 17.5 Å². The van der Waals surface area contributed by atoms with E-state index in [1.807, 2.05) is 0 Å². The SMILES string of the molecule is O=C1CCCC2(C=CCCC2)N1. The monoisotopic (exact) mass is 165 g/mol. The molecule has 0 aromatic rings. The van der Waals surface area contributed by atoms with Crippen molar-refractivity contribution in [1.82, 2.24) is 5.32 Å². The number of allylic oxidation sites excluding steroid dienone is 1. The molecule has 12 heavy (non-hydrogen) atoms. The number of amides is 1. The third-order valence-electron chi connectivity index (χ3n) is 2.85. The average Bonchev–Trinajstić information content (AvgIpc) is 2.05. The zero-order chi connectivity index (χ0) is 8.44. The minimum Gasteiger partial charge on any atom is -0.347 e. The summed E-state index contributed by atoms with van der Waals surface area (Å²) in [6.45, 7) is 0. The molecule has 2 aliphatic rings. The highest BCUT2D eigenvalue weighted by atomic mass is 16.1. The highest BCUT2D eigenvalue weighted by Crippen LogP contribution is 2.30. The summed E-state index contributed by atoms with van der Waals surface area (Å²) in [6, 6.07) is 0. The minimum atomic E-state index is 0.0492. The Morgan fingerprint density at radius 2 is 2.17 bits per heavy atom. The van der Waals surface area contributed by atoms with Crippen molar-refractivity contribution in [2.45, 2.75) is 44.1 Å². The van der Waals surface area contributed by atoms with Crippen molar-refractivity contribution in [3.63, 3.8) is 0 Å². The summed E-state index contributed by atoms with van der Waals surface area (Å²) in [5.41, 5.74) is 0.0492. The molecule has 0 bridgehead atoms. The van der Waals surface area contributed by atoms with Crippen LogP contribution in [0, 0.1) is 0 Å². The molecule has 1 aliphatic carbocycles. The Kier molecular flexibility index (Phi) is 1.91. The molecule has 1 aliphatic heterocycles. The molecule has 1 N–H and O–H groups in total. The summed E-state index contributed by atoms with van der Waals surface area (Å²) >= 11 is 0. The maximum Gasteiger partial charge on any atom is 0.220 e. The van der Waals surface area contributed by atoms with Crippen LogP contribution in [0.25, 0.3) is 0 Å². The van der Waals surface area contributed by atoms with Gasteiger partial charge in [-0.05, 0) is 32.1 Å². The van der Waals surface area contributed by atoms with Crippen LogP contribution in [0.4, 0.5) is 0 Å². The fourth-order valence-electron chi connectivity index (χ4n) is 2.21. The largest absolute Gasteiger partial charge is 0.347 e. The number of carbonyl (C=O) groups excluding carboxylic acids is 1. The van der Waals surface area contributed by atoms with E-state index in [-0.39, 0.29) is 11.4 Å². The lowest BCUT2D eigenvalue weighted by Gasteiger charge is -2.37. The average molecular weight is 165 g/mol. The molecule has 1 atom stereocenters. The Bertz CT molecular complexity index is 222. The lowest BCUT2D eigenvalue weighted by Crippen LogP contribution is -2.50. The lowest BCUT2D eigenvalue weighted by atomic mass is 9.81. The highest BCUT2D eigenvalue weighted by Gasteiger charge is 2.32. The van der Waals surface area contributed by atoms with Gasteiger partial charge < -0.3 is 5.32 Å². The summed E-state index contributed by atoms with van der Waals surface area (Å²) in [7, 11) is 0. The fourth-order valence-corrected chi connectivity index (χ4v) is 2.21. The molecule has 1 unspecified atom stereocenters. The standard InChI is InChI=1S/C10H15NO/c12-9-5-4-8-10(11-9)6-2-1-3-7-10/h2,6H,1,3-5,7-8H2,(H,11,12). The fraction of sp³-hybridized carbons (Fsp3) is 0.700. The van der Waals surface area contributed by atoms with Crippen LogP contribution in [-0.4, -0.2) is 11.4 Å². The van der Waals surface area contributed by atoms with Crippen LogP contribution < -0.4 is 5.32 Å². The first kappa shape index (κ1) is 7.84. The number of hydrogen-bond acceptors (Lipinski definition) is 1. The van der Waals surface area contributed by atoms with Gasteiger partial charge in [0.15, 0.2) is 0 Å². The van der Waals surface area contributed by atoms with Gasteiger partial charge in [-0.25, -0.2) is 0 Å². The van der Waals surface area contributed by atoms with Crippen LogP contribution in [0.15, 0.2) is 12.2 Å². The van der Waals surface area contributed by atoms with Gasteiger partial charge >= 0.3 is 0 Å². The first-order valence-corrected chi connectivity index (χ1v) is 4.80. The molecule has 1 saturated heterocycles. The Labute approximate surface area is 73.0 Å². The van der Waals surface area contributed by atoms with Crippen LogP contribution >= 0.6 is 0 Å². The molecule has 0 radical (unpaired) electrons. The molecule has 2 rings (SSSR count). The molecular weight excluding hydrogens is 150 g/mol. The predicted molar refractivity (Wildman–Crippen MR) is 47.7 cm³/mol. The first-order chi connectivity index (χ1) is 5.81. The van der Waals surface area contributed by atoms with Gasteiger partial charge in [-0.3, -0.25) is 4.79 Å². The molecule has 0 aromatic carbocycles. The Hall–Kier alpha value is -0.790. The van der Waals surface area contributed by atoms with Crippen LogP contribution in [0.2, 0.25) is 0 Å². The van der Waals surface area contributed by atoms with Gasteiger partial charge in [0.25, 0.3) is 0 Å². The van der Waals surface area contributed by atoms with E-state index < -0.39 is 0 Å². The third kappa shape index (κ3) is 1.38. The summed E-state index contributed by atoms with van der Waals surface area (Å²) in [6.07, 6.45) is 10.8. The molecule has 1 fully saturated rings. The van der Waals surface area contributed by atoms with Crippen molar-refractivity contribution in [2.75, 3.05) is 0 Å². The number of rotatable bonds is 0. The quantitative estimate of drug-likeness (QED) is 0.544. The van der Waals surface area contributed by atoms with Gasteiger partial charge in [0.1, 0.15) is 0 Å². The smallest absolute Gasteiger partial charge is 0.220 e. The summed E-state index contributed by atoms with van der Waals surface area (Å²) in [5, 5.41) is 3.11. The Morgan fingerprint density at radius 1 is 1.33 bits per heavy atom. The molecule has 2 heteroatoms. The molecule has 1 heterocycles. The Morgan fingerprint density at radius 3 is 2.83 bits per heavy atom. The van der Waals surface area contributed by atoms with Crippen LogP contribution in [0.3, 0.4) is 0 Å². The maximum atomic E-state index is 11.2. The highest BCUT2D eigenvalue weighted by molar-refractivity contribution is 5.78. The van der Waals surface area contributed by atoms with Crippen molar-refractivity contribution in [2.24, 2.45) is 0 Å². The van der Waals surface area contributed by atoms with E-state index in [4.69, 9.17) is 0 Å². The van der Waals surface area contributed by atoms with E-state index in [0.717, 1.165) is 25.7 Å². The van der Waals surface area contributed by atoms with Gasteiger partial charge in [-0.15, -0.1) is 0 Å². The molecule has 1 spiro atoms. The van der Waals surface area contributed by atoms with Gasteiger partial charge in [-0.2, -0.15) is 0 Å². The van der Waals surface area contributed by atoms with Gasteiger partial charge in [0.2, 0.25) is 5.91 Å². The molecule has 1 amide bonds. The van der Waals surface area contributed by atoms with E-state index in [0.29, 0.717) is 0 Å². The summed E-state index contributed by atoms with van der Waals surface area (Å²) < 4.78 is 0. The molecule has 0 saturated carbocycles. The first-order valence-electron chi connectivity index (χ1n) is 4.80. The zero-order valence-electron chi connectivity index (χ0n) is 7.31. The third-order valence-corrected chi connectivity index (χ3v) is 2.85. The van der Waals surface area contributed by atoms with E-state index in [1.54, 1.807) is 0 Å². The van der Waals surface area contributed by atoms with Gasteiger partial charge in [0, 0.05) is 6.42 Å².